The van der Waals surface area contributed by atoms with Crippen molar-refractivity contribution in [3.05, 3.63) is 60.2 Å². The molecule has 0 aliphatic carbocycles. The van der Waals surface area contributed by atoms with Gasteiger partial charge < -0.3 is 15.8 Å². The van der Waals surface area contributed by atoms with Gasteiger partial charge in [0, 0.05) is 13.0 Å². The van der Waals surface area contributed by atoms with Gasteiger partial charge in [-0.1, -0.05) is 42.5 Å². The molecular weight excluding hydrogens is 264 g/mol. The second-order valence-electron chi connectivity index (χ2n) is 4.67. The molecule has 4 nitrogen and oxygen atoms in total. The molecule has 0 bridgehead atoms. The third-order valence-corrected chi connectivity index (χ3v) is 3.02. The molecule has 0 saturated heterocycles. The van der Waals surface area contributed by atoms with Crippen LogP contribution in [0.2, 0.25) is 0 Å². The third kappa shape index (κ3) is 4.93. The maximum Gasteiger partial charge on any atom is 0.224 e. The van der Waals surface area contributed by atoms with E-state index in [0.717, 1.165) is 12.0 Å². The van der Waals surface area contributed by atoms with Crippen molar-refractivity contribution in [3.63, 3.8) is 0 Å². The Morgan fingerprint density at radius 1 is 1.05 bits per heavy atom. The average Bonchev–Trinajstić information content (AvgIpc) is 2.53. The first-order valence-corrected chi connectivity index (χ1v) is 7.05. The number of para-hydroxylation sites is 2. The van der Waals surface area contributed by atoms with E-state index in [1.807, 2.05) is 54.6 Å². The number of carbonyl (C=O) groups is 1. The number of benzene rings is 2. The number of hydrogen-bond acceptors (Lipinski definition) is 3. The Bertz CT molecular complexity index is 570. The van der Waals surface area contributed by atoms with Crippen LogP contribution in [0.1, 0.15) is 12.0 Å². The van der Waals surface area contributed by atoms with Gasteiger partial charge in [-0.3, -0.25) is 4.79 Å². The number of rotatable bonds is 7. The first kappa shape index (κ1) is 15.1. The number of nitrogens with one attached hydrogen (secondary N) is 1. The van der Waals surface area contributed by atoms with Gasteiger partial charge in [0.25, 0.3) is 0 Å². The van der Waals surface area contributed by atoms with Crippen LogP contribution >= 0.6 is 0 Å². The number of amides is 1. The summed E-state index contributed by atoms with van der Waals surface area (Å²) < 4.78 is 5.51. The van der Waals surface area contributed by atoms with E-state index in [0.29, 0.717) is 31.0 Å². The van der Waals surface area contributed by atoms with E-state index in [1.165, 1.54) is 0 Å². The van der Waals surface area contributed by atoms with Crippen molar-refractivity contribution in [2.45, 2.75) is 12.8 Å². The van der Waals surface area contributed by atoms with Crippen LogP contribution in [0, 0.1) is 0 Å². The highest BCUT2D eigenvalue weighted by Gasteiger charge is 2.07. The molecule has 0 aromatic heterocycles. The van der Waals surface area contributed by atoms with E-state index in [-0.39, 0.29) is 5.91 Å². The van der Waals surface area contributed by atoms with Crippen molar-refractivity contribution >= 4 is 11.6 Å². The SMILES string of the molecule is NCCOc1ccccc1NC(=O)CCc1ccccc1. The first-order valence-electron chi connectivity index (χ1n) is 7.05. The van der Waals surface area contributed by atoms with Crippen LogP contribution in [0.15, 0.2) is 54.6 Å². The quantitative estimate of drug-likeness (QED) is 0.821. The summed E-state index contributed by atoms with van der Waals surface area (Å²) in [5.74, 6) is 0.624. The Morgan fingerprint density at radius 3 is 2.52 bits per heavy atom. The van der Waals surface area contributed by atoms with Gasteiger partial charge in [-0.05, 0) is 24.1 Å². The minimum Gasteiger partial charge on any atom is -0.490 e. The number of hydrogen-bond donors (Lipinski definition) is 2. The van der Waals surface area contributed by atoms with Crippen molar-refractivity contribution < 1.29 is 9.53 Å². The second-order valence-corrected chi connectivity index (χ2v) is 4.67. The number of nitrogens with two attached hydrogens (primary N) is 1. The molecule has 0 saturated carbocycles. The van der Waals surface area contributed by atoms with Crippen molar-refractivity contribution in [3.8, 4) is 5.75 Å². The Balaban J connectivity index is 1.90. The molecule has 2 rings (SSSR count). The molecule has 4 heteroatoms. The molecular formula is C17H20N2O2. The molecule has 2 aromatic rings. The zero-order valence-corrected chi connectivity index (χ0v) is 11.9. The van der Waals surface area contributed by atoms with Crippen LogP contribution in [0.3, 0.4) is 0 Å². The fourth-order valence-electron chi connectivity index (χ4n) is 1.98. The summed E-state index contributed by atoms with van der Waals surface area (Å²) >= 11 is 0. The van der Waals surface area contributed by atoms with Gasteiger partial charge in [0.15, 0.2) is 0 Å². The molecule has 0 fully saturated rings. The van der Waals surface area contributed by atoms with E-state index >= 15 is 0 Å². The number of carbonyl (C=O) groups excluding carboxylic acids is 1. The summed E-state index contributed by atoms with van der Waals surface area (Å²) in [7, 11) is 0. The monoisotopic (exact) mass is 284 g/mol. The van der Waals surface area contributed by atoms with Crippen molar-refractivity contribution in [1.82, 2.24) is 0 Å². The fourth-order valence-corrected chi connectivity index (χ4v) is 1.98. The summed E-state index contributed by atoms with van der Waals surface area (Å²) in [5, 5.41) is 2.88. The highest BCUT2D eigenvalue weighted by atomic mass is 16.5. The van der Waals surface area contributed by atoms with E-state index in [9.17, 15) is 4.79 Å². The molecule has 2 aromatic carbocycles. The second kappa shape index (κ2) is 8.07. The van der Waals surface area contributed by atoms with E-state index in [2.05, 4.69) is 5.32 Å². The number of anilines is 1. The number of ether oxygens (including phenoxy) is 1. The summed E-state index contributed by atoms with van der Waals surface area (Å²) in [5.41, 5.74) is 7.26. The maximum absolute atomic E-state index is 12.0. The van der Waals surface area contributed by atoms with Crippen LogP contribution < -0.4 is 15.8 Å². The molecule has 0 atom stereocenters. The van der Waals surface area contributed by atoms with E-state index in [1.54, 1.807) is 0 Å². The Morgan fingerprint density at radius 2 is 1.76 bits per heavy atom. The zero-order valence-electron chi connectivity index (χ0n) is 11.9. The molecule has 0 spiro atoms. The first-order chi connectivity index (χ1) is 10.3. The van der Waals surface area contributed by atoms with Gasteiger partial charge in [0.05, 0.1) is 5.69 Å². The molecule has 0 radical (unpaired) electrons. The summed E-state index contributed by atoms with van der Waals surface area (Å²) in [4.78, 5) is 12.0. The standard InChI is InChI=1S/C17H20N2O2/c18-12-13-21-16-9-5-4-8-15(16)19-17(20)11-10-14-6-2-1-3-7-14/h1-9H,10-13,18H2,(H,19,20). The normalized spacial score (nSPS) is 10.1. The van der Waals surface area contributed by atoms with Gasteiger partial charge in [-0.2, -0.15) is 0 Å². The topological polar surface area (TPSA) is 64.3 Å². The Kier molecular flexibility index (Phi) is 5.79. The molecule has 21 heavy (non-hydrogen) atoms. The van der Waals surface area contributed by atoms with Crippen LogP contribution in [0.4, 0.5) is 5.69 Å². The lowest BCUT2D eigenvalue weighted by Gasteiger charge is -2.11. The molecule has 1 amide bonds. The Hall–Kier alpha value is -2.33. The Labute approximate surface area is 124 Å². The largest absolute Gasteiger partial charge is 0.490 e. The molecule has 0 heterocycles. The smallest absolute Gasteiger partial charge is 0.224 e. The van der Waals surface area contributed by atoms with Crippen molar-refractivity contribution in [2.24, 2.45) is 5.73 Å². The lowest BCUT2D eigenvalue weighted by Crippen LogP contribution is -2.15. The van der Waals surface area contributed by atoms with Crippen molar-refractivity contribution in [2.75, 3.05) is 18.5 Å². The van der Waals surface area contributed by atoms with Crippen LogP contribution in [-0.4, -0.2) is 19.1 Å². The number of aryl methyl sites for hydroxylation is 1. The predicted octanol–water partition coefficient (Wildman–Crippen LogP) is 2.60. The van der Waals surface area contributed by atoms with E-state index in [4.69, 9.17) is 10.5 Å². The maximum atomic E-state index is 12.0. The summed E-state index contributed by atoms with van der Waals surface area (Å²) in [6, 6.07) is 17.3. The van der Waals surface area contributed by atoms with Crippen LogP contribution in [-0.2, 0) is 11.2 Å². The van der Waals surface area contributed by atoms with Gasteiger partial charge >= 0.3 is 0 Å². The van der Waals surface area contributed by atoms with Gasteiger partial charge in [0.1, 0.15) is 12.4 Å². The minimum absolute atomic E-state index is 0.0253. The van der Waals surface area contributed by atoms with Crippen molar-refractivity contribution in [1.29, 1.82) is 0 Å². The highest BCUT2D eigenvalue weighted by molar-refractivity contribution is 5.92. The predicted molar refractivity (Wildman–Crippen MR) is 84.4 cm³/mol. The van der Waals surface area contributed by atoms with Gasteiger partial charge in [-0.25, -0.2) is 0 Å². The molecule has 0 aliphatic heterocycles. The highest BCUT2D eigenvalue weighted by Crippen LogP contribution is 2.23. The molecule has 0 aliphatic rings. The van der Waals surface area contributed by atoms with Gasteiger partial charge in [0.2, 0.25) is 5.91 Å². The van der Waals surface area contributed by atoms with Gasteiger partial charge in [-0.15, -0.1) is 0 Å². The summed E-state index contributed by atoms with van der Waals surface area (Å²) in [6.07, 6.45) is 1.16. The summed E-state index contributed by atoms with van der Waals surface area (Å²) in [6.45, 7) is 0.868. The average molecular weight is 284 g/mol. The molecule has 110 valence electrons. The molecule has 0 unspecified atom stereocenters. The van der Waals surface area contributed by atoms with E-state index < -0.39 is 0 Å². The minimum atomic E-state index is -0.0253. The van der Waals surface area contributed by atoms with Crippen LogP contribution in [0.25, 0.3) is 0 Å². The fraction of sp³-hybridized carbons (Fsp3) is 0.235. The van der Waals surface area contributed by atoms with Crippen LogP contribution in [0.5, 0.6) is 5.75 Å². The lowest BCUT2D eigenvalue weighted by molar-refractivity contribution is -0.116. The third-order valence-electron chi connectivity index (χ3n) is 3.02. The lowest BCUT2D eigenvalue weighted by atomic mass is 10.1. The zero-order chi connectivity index (χ0) is 14.9. The molecule has 3 N–H and O–H groups in total.